The van der Waals surface area contributed by atoms with Crippen LogP contribution in [0, 0.1) is 0 Å². The van der Waals surface area contributed by atoms with Crippen molar-refractivity contribution in [2.24, 2.45) is 0 Å². The molecular weight excluding hydrogens is 261 g/mol. The van der Waals surface area contributed by atoms with Crippen molar-refractivity contribution in [2.75, 3.05) is 6.54 Å². The summed E-state index contributed by atoms with van der Waals surface area (Å²) in [5.74, 6) is 0.542. The summed E-state index contributed by atoms with van der Waals surface area (Å²) in [4.78, 5) is 7.93. The highest BCUT2D eigenvalue weighted by Gasteiger charge is 2.26. The first-order valence-corrected chi connectivity index (χ1v) is 5.51. The van der Waals surface area contributed by atoms with Crippen molar-refractivity contribution in [3.05, 3.63) is 41.8 Å². The molecule has 102 valence electrons. The third-order valence-corrected chi connectivity index (χ3v) is 2.20. The lowest BCUT2D eigenvalue weighted by Crippen LogP contribution is -2.28. The first-order chi connectivity index (χ1) is 9.03. The molecule has 0 saturated carbocycles. The van der Waals surface area contributed by atoms with E-state index in [-0.39, 0.29) is 12.4 Å². The van der Waals surface area contributed by atoms with E-state index in [0.717, 1.165) is 5.56 Å². The Hall–Kier alpha value is -1.96. The van der Waals surface area contributed by atoms with Crippen LogP contribution in [-0.2, 0) is 13.0 Å². The molecule has 1 N–H and O–H groups in total. The third-order valence-electron chi connectivity index (χ3n) is 2.20. The fourth-order valence-electron chi connectivity index (χ4n) is 1.43. The summed E-state index contributed by atoms with van der Waals surface area (Å²) in [6, 6.07) is 3.63. The predicted octanol–water partition coefficient (Wildman–Crippen LogP) is 1.71. The summed E-state index contributed by atoms with van der Waals surface area (Å²) in [6.45, 7) is -1.20. The summed E-state index contributed by atoms with van der Waals surface area (Å²) < 4.78 is 40.6. The molecule has 8 heteroatoms. The molecule has 5 nitrogen and oxygen atoms in total. The summed E-state index contributed by atoms with van der Waals surface area (Å²) in [5, 5.41) is 5.88. The lowest BCUT2D eigenvalue weighted by atomic mass is 10.2. The van der Waals surface area contributed by atoms with Crippen molar-refractivity contribution >= 4 is 0 Å². The predicted molar refractivity (Wildman–Crippen MR) is 59.1 cm³/mol. The lowest BCUT2D eigenvalue weighted by Gasteiger charge is -2.05. The standard InChI is InChI=1S/C11H11F3N4O/c12-11(13,14)7-16-6-10-17-9(18-19-10)4-8-2-1-3-15-5-8/h1-3,5,16H,4,6-7H2. The van der Waals surface area contributed by atoms with Gasteiger partial charge in [0.2, 0.25) is 5.89 Å². The highest BCUT2D eigenvalue weighted by atomic mass is 19.4. The zero-order chi connectivity index (χ0) is 13.7. The number of hydrogen-bond donors (Lipinski definition) is 1. The zero-order valence-electron chi connectivity index (χ0n) is 9.81. The van der Waals surface area contributed by atoms with Gasteiger partial charge in [-0.15, -0.1) is 0 Å². The maximum atomic E-state index is 11.9. The van der Waals surface area contributed by atoms with Gasteiger partial charge < -0.3 is 9.84 Å². The molecule has 0 aliphatic carbocycles. The molecule has 2 rings (SSSR count). The van der Waals surface area contributed by atoms with Crippen molar-refractivity contribution in [1.82, 2.24) is 20.4 Å². The van der Waals surface area contributed by atoms with Crippen LogP contribution < -0.4 is 5.32 Å². The SMILES string of the molecule is FC(F)(F)CNCc1nc(Cc2cccnc2)no1. The quantitative estimate of drug-likeness (QED) is 0.897. The second kappa shape index (κ2) is 5.79. The molecule has 0 radical (unpaired) electrons. The third kappa shape index (κ3) is 4.66. The second-order valence-electron chi connectivity index (χ2n) is 3.86. The van der Waals surface area contributed by atoms with Crippen LogP contribution >= 0.6 is 0 Å². The first-order valence-electron chi connectivity index (χ1n) is 5.51. The van der Waals surface area contributed by atoms with Gasteiger partial charge in [-0.25, -0.2) is 0 Å². The topological polar surface area (TPSA) is 63.8 Å². The first kappa shape index (κ1) is 13.5. The van der Waals surface area contributed by atoms with Crippen molar-refractivity contribution in [2.45, 2.75) is 19.1 Å². The Balaban J connectivity index is 1.86. The van der Waals surface area contributed by atoms with E-state index >= 15 is 0 Å². The monoisotopic (exact) mass is 272 g/mol. The molecule has 2 heterocycles. The molecule has 0 fully saturated rings. The van der Waals surface area contributed by atoms with E-state index in [1.54, 1.807) is 18.5 Å². The number of aromatic nitrogens is 3. The van der Waals surface area contributed by atoms with Gasteiger partial charge in [-0.3, -0.25) is 4.98 Å². The van der Waals surface area contributed by atoms with Crippen molar-refractivity contribution in [3.8, 4) is 0 Å². The molecule has 0 aliphatic rings. The number of pyridine rings is 1. The Morgan fingerprint density at radius 3 is 2.84 bits per heavy atom. The van der Waals surface area contributed by atoms with Crippen LogP contribution in [0.5, 0.6) is 0 Å². The molecule has 0 amide bonds. The minimum Gasteiger partial charge on any atom is -0.338 e. The van der Waals surface area contributed by atoms with Crippen LogP contribution in [0.15, 0.2) is 29.0 Å². The van der Waals surface area contributed by atoms with E-state index < -0.39 is 12.7 Å². The average molecular weight is 272 g/mol. The van der Waals surface area contributed by atoms with Gasteiger partial charge in [-0.1, -0.05) is 11.2 Å². The molecule has 19 heavy (non-hydrogen) atoms. The minimum atomic E-state index is -4.25. The maximum absolute atomic E-state index is 11.9. The van der Waals surface area contributed by atoms with Crippen LogP contribution in [0.2, 0.25) is 0 Å². The number of hydrogen-bond acceptors (Lipinski definition) is 5. The van der Waals surface area contributed by atoms with Crippen LogP contribution in [0.4, 0.5) is 13.2 Å². The molecule has 2 aromatic heterocycles. The highest BCUT2D eigenvalue weighted by Crippen LogP contribution is 2.12. The van der Waals surface area contributed by atoms with Crippen molar-refractivity contribution in [3.63, 3.8) is 0 Å². The molecule has 0 aromatic carbocycles. The Bertz CT molecular complexity index is 512. The van der Waals surface area contributed by atoms with E-state index in [9.17, 15) is 13.2 Å². The van der Waals surface area contributed by atoms with E-state index in [4.69, 9.17) is 4.52 Å². The van der Waals surface area contributed by atoms with Crippen LogP contribution in [-0.4, -0.2) is 27.8 Å². The largest absolute Gasteiger partial charge is 0.401 e. The fraction of sp³-hybridized carbons (Fsp3) is 0.364. The lowest BCUT2D eigenvalue weighted by molar-refractivity contribution is -0.125. The second-order valence-corrected chi connectivity index (χ2v) is 3.86. The van der Waals surface area contributed by atoms with Gasteiger partial charge >= 0.3 is 6.18 Å². The molecule has 0 unspecified atom stereocenters. The van der Waals surface area contributed by atoms with E-state index in [1.165, 1.54) is 0 Å². The van der Waals surface area contributed by atoms with Gasteiger partial charge in [0.05, 0.1) is 13.1 Å². The minimum absolute atomic E-state index is 0.112. The summed E-state index contributed by atoms with van der Waals surface area (Å²) in [6.07, 6.45) is -0.515. The molecule has 0 aliphatic heterocycles. The molecule has 0 spiro atoms. The average Bonchev–Trinajstić information content (AvgIpc) is 2.76. The molecule has 0 saturated heterocycles. The normalized spacial score (nSPS) is 11.7. The zero-order valence-corrected chi connectivity index (χ0v) is 9.81. The Morgan fingerprint density at radius 2 is 2.16 bits per heavy atom. The number of alkyl halides is 3. The van der Waals surface area contributed by atoms with Gasteiger partial charge in [0, 0.05) is 18.8 Å². The number of nitrogens with zero attached hydrogens (tertiary/aromatic N) is 3. The molecular formula is C11H11F3N4O. The fourth-order valence-corrected chi connectivity index (χ4v) is 1.43. The summed E-state index contributed by atoms with van der Waals surface area (Å²) >= 11 is 0. The van der Waals surface area contributed by atoms with Gasteiger partial charge in [-0.05, 0) is 11.6 Å². The molecule has 0 bridgehead atoms. The summed E-state index contributed by atoms with van der Waals surface area (Å²) in [5.41, 5.74) is 0.901. The molecule has 0 atom stereocenters. The number of halogens is 3. The van der Waals surface area contributed by atoms with Gasteiger partial charge in [0.25, 0.3) is 0 Å². The van der Waals surface area contributed by atoms with Crippen molar-refractivity contribution in [1.29, 1.82) is 0 Å². The number of nitrogens with one attached hydrogen (secondary N) is 1. The Morgan fingerprint density at radius 1 is 1.32 bits per heavy atom. The van der Waals surface area contributed by atoms with E-state index in [0.29, 0.717) is 12.2 Å². The number of rotatable bonds is 5. The van der Waals surface area contributed by atoms with Crippen LogP contribution in [0.25, 0.3) is 0 Å². The van der Waals surface area contributed by atoms with E-state index in [2.05, 4.69) is 20.4 Å². The maximum Gasteiger partial charge on any atom is 0.401 e. The van der Waals surface area contributed by atoms with Gasteiger partial charge in [-0.2, -0.15) is 18.2 Å². The molecule has 2 aromatic rings. The Kier molecular flexibility index (Phi) is 4.10. The highest BCUT2D eigenvalue weighted by molar-refractivity contribution is 5.13. The van der Waals surface area contributed by atoms with Crippen molar-refractivity contribution < 1.29 is 17.7 Å². The van der Waals surface area contributed by atoms with Gasteiger partial charge in [0.15, 0.2) is 5.82 Å². The van der Waals surface area contributed by atoms with Crippen LogP contribution in [0.3, 0.4) is 0 Å². The summed E-state index contributed by atoms with van der Waals surface area (Å²) in [7, 11) is 0. The van der Waals surface area contributed by atoms with Gasteiger partial charge in [0.1, 0.15) is 0 Å². The van der Waals surface area contributed by atoms with Crippen LogP contribution in [0.1, 0.15) is 17.3 Å². The Labute approximate surface area is 106 Å². The smallest absolute Gasteiger partial charge is 0.338 e. The van der Waals surface area contributed by atoms with E-state index in [1.807, 2.05) is 6.07 Å².